The Hall–Kier alpha value is -3.27. The first-order chi connectivity index (χ1) is 12.6. The molecule has 0 aliphatic rings. The molecule has 0 radical (unpaired) electrons. The molecule has 0 unspecified atom stereocenters. The summed E-state index contributed by atoms with van der Waals surface area (Å²) in [6.07, 6.45) is 2.46. The molecule has 0 aliphatic carbocycles. The van der Waals surface area contributed by atoms with Crippen molar-refractivity contribution in [3.63, 3.8) is 0 Å². The lowest BCUT2D eigenvalue weighted by atomic mass is 9.99. The van der Waals surface area contributed by atoms with Crippen molar-refractivity contribution in [3.05, 3.63) is 59.1 Å². The lowest BCUT2D eigenvalue weighted by Gasteiger charge is -2.15. The maximum absolute atomic E-state index is 15.3. The molecular formula is C15H9ClF2N8. The minimum atomic E-state index is -0.705. The van der Waals surface area contributed by atoms with Crippen LogP contribution in [0.1, 0.15) is 5.56 Å². The molecule has 0 fully saturated rings. The summed E-state index contributed by atoms with van der Waals surface area (Å²) in [5.74, 6) is -1.32. The van der Waals surface area contributed by atoms with Crippen molar-refractivity contribution >= 4 is 11.6 Å². The number of benzene rings is 2. The first-order valence-corrected chi connectivity index (χ1v) is 7.69. The summed E-state index contributed by atoms with van der Waals surface area (Å²) in [7, 11) is 0. The van der Waals surface area contributed by atoms with Gasteiger partial charge in [-0.05, 0) is 57.6 Å². The summed E-state index contributed by atoms with van der Waals surface area (Å²) in [5, 5.41) is 21.5. The second kappa shape index (κ2) is 6.23. The topological polar surface area (TPSA) is 87.2 Å². The van der Waals surface area contributed by atoms with Crippen LogP contribution in [0.5, 0.6) is 0 Å². The molecule has 2 heterocycles. The second-order valence-corrected chi connectivity index (χ2v) is 5.81. The Morgan fingerprint density at radius 3 is 2.31 bits per heavy atom. The van der Waals surface area contributed by atoms with Crippen LogP contribution in [0.15, 0.2) is 36.9 Å². The zero-order valence-electron chi connectivity index (χ0n) is 13.2. The lowest BCUT2D eigenvalue weighted by molar-refractivity contribution is 0.602. The van der Waals surface area contributed by atoms with Gasteiger partial charge in [-0.2, -0.15) is 9.36 Å². The second-order valence-electron chi connectivity index (χ2n) is 5.41. The zero-order valence-corrected chi connectivity index (χ0v) is 13.9. The summed E-state index contributed by atoms with van der Waals surface area (Å²) in [4.78, 5) is 0. The Morgan fingerprint density at radius 1 is 0.962 bits per heavy atom. The fourth-order valence-electron chi connectivity index (χ4n) is 2.66. The van der Waals surface area contributed by atoms with Crippen LogP contribution in [-0.2, 0) is 0 Å². The number of hydrogen-bond acceptors (Lipinski definition) is 6. The molecule has 2 aromatic carbocycles. The van der Waals surface area contributed by atoms with Gasteiger partial charge < -0.3 is 0 Å². The summed E-state index contributed by atoms with van der Waals surface area (Å²) in [6, 6.07) is 5.83. The smallest absolute Gasteiger partial charge is 0.158 e. The molecule has 0 N–H and O–H groups in total. The largest absolute Gasteiger partial charge is 0.205 e. The molecule has 0 saturated heterocycles. The molecule has 26 heavy (non-hydrogen) atoms. The van der Waals surface area contributed by atoms with E-state index in [0.717, 1.165) is 9.36 Å². The molecule has 0 amide bonds. The van der Waals surface area contributed by atoms with Crippen LogP contribution in [0.3, 0.4) is 0 Å². The number of tetrazole rings is 2. The van der Waals surface area contributed by atoms with E-state index in [2.05, 4.69) is 31.1 Å². The van der Waals surface area contributed by atoms with Gasteiger partial charge in [-0.15, -0.1) is 10.2 Å². The van der Waals surface area contributed by atoms with Gasteiger partial charge in [0.2, 0.25) is 0 Å². The molecule has 4 rings (SSSR count). The molecule has 0 saturated carbocycles. The maximum Gasteiger partial charge on any atom is 0.158 e. The van der Waals surface area contributed by atoms with E-state index in [4.69, 9.17) is 11.6 Å². The average molecular weight is 375 g/mol. The number of rotatable bonds is 3. The predicted octanol–water partition coefficient (Wildman–Crippen LogP) is 2.55. The van der Waals surface area contributed by atoms with E-state index in [1.165, 1.54) is 30.9 Å². The highest BCUT2D eigenvalue weighted by Gasteiger charge is 2.22. The Labute approximate surface area is 150 Å². The third-order valence-corrected chi connectivity index (χ3v) is 4.04. The Balaban J connectivity index is 2.04. The van der Waals surface area contributed by atoms with Gasteiger partial charge in [-0.1, -0.05) is 11.6 Å². The van der Waals surface area contributed by atoms with Crippen LogP contribution >= 0.6 is 11.6 Å². The molecule has 0 bridgehead atoms. The van der Waals surface area contributed by atoms with Gasteiger partial charge in [0, 0.05) is 11.1 Å². The van der Waals surface area contributed by atoms with Gasteiger partial charge in [0.1, 0.15) is 29.8 Å². The fourth-order valence-corrected chi connectivity index (χ4v) is 2.91. The molecule has 8 nitrogen and oxygen atoms in total. The molecule has 11 heteroatoms. The Kier molecular flexibility index (Phi) is 3.88. The van der Waals surface area contributed by atoms with Crippen LogP contribution in [0.4, 0.5) is 8.78 Å². The lowest BCUT2D eigenvalue weighted by Crippen LogP contribution is -2.06. The molecular weight excluding hydrogens is 366 g/mol. The van der Waals surface area contributed by atoms with Gasteiger partial charge in [-0.25, -0.2) is 8.78 Å². The van der Waals surface area contributed by atoms with Crippen LogP contribution in [0.2, 0.25) is 5.02 Å². The van der Waals surface area contributed by atoms with Gasteiger partial charge in [0.15, 0.2) is 5.82 Å². The molecule has 0 atom stereocenters. The SMILES string of the molecule is Cc1cc(F)c(-n2cnnn2)c(-c2c(Cl)ccc(-n3cnnn3)c2F)c1. The number of aromatic nitrogens is 8. The van der Waals surface area contributed by atoms with E-state index < -0.39 is 11.6 Å². The minimum absolute atomic E-state index is 0.00670. The first kappa shape index (κ1) is 16.2. The molecule has 4 aromatic rings. The molecule has 130 valence electrons. The summed E-state index contributed by atoms with van der Waals surface area (Å²) >= 11 is 6.25. The standard InChI is InChI=1S/C15H9ClF2N8/c1-8-4-9(15(11(17)5-8)26-7-20-22-24-26)13-10(16)2-3-12(14(13)18)25-6-19-21-23-25/h2-7H,1H3. The predicted molar refractivity (Wildman–Crippen MR) is 87.0 cm³/mol. The monoisotopic (exact) mass is 374 g/mol. The van der Waals surface area contributed by atoms with Crippen LogP contribution < -0.4 is 0 Å². The van der Waals surface area contributed by atoms with E-state index in [9.17, 15) is 4.39 Å². The summed E-state index contributed by atoms with van der Waals surface area (Å²) < 4.78 is 32.2. The van der Waals surface area contributed by atoms with Gasteiger partial charge in [0.25, 0.3) is 0 Å². The van der Waals surface area contributed by atoms with Gasteiger partial charge in [-0.3, -0.25) is 0 Å². The third-order valence-electron chi connectivity index (χ3n) is 3.72. The summed E-state index contributed by atoms with van der Waals surface area (Å²) in [6.45, 7) is 1.69. The van der Waals surface area contributed by atoms with E-state index in [-0.39, 0.29) is 27.5 Å². The third kappa shape index (κ3) is 2.60. The van der Waals surface area contributed by atoms with Gasteiger partial charge >= 0.3 is 0 Å². The maximum atomic E-state index is 15.3. The van der Waals surface area contributed by atoms with Crippen molar-refractivity contribution in [1.29, 1.82) is 0 Å². The molecule has 0 spiro atoms. The van der Waals surface area contributed by atoms with E-state index in [1.54, 1.807) is 13.0 Å². The zero-order chi connectivity index (χ0) is 18.3. The van der Waals surface area contributed by atoms with Crippen LogP contribution in [0.25, 0.3) is 22.5 Å². The highest BCUT2D eigenvalue weighted by Crippen LogP contribution is 2.38. The highest BCUT2D eigenvalue weighted by atomic mass is 35.5. The van der Waals surface area contributed by atoms with Gasteiger partial charge in [0.05, 0.1) is 5.02 Å². The van der Waals surface area contributed by atoms with Crippen molar-refractivity contribution in [1.82, 2.24) is 40.4 Å². The molecule has 0 aliphatic heterocycles. The number of aryl methyl sites for hydroxylation is 1. The fraction of sp³-hybridized carbons (Fsp3) is 0.0667. The quantitative estimate of drug-likeness (QED) is 0.547. The van der Waals surface area contributed by atoms with Crippen LogP contribution in [-0.4, -0.2) is 40.4 Å². The van der Waals surface area contributed by atoms with E-state index >= 15 is 4.39 Å². The van der Waals surface area contributed by atoms with Crippen molar-refractivity contribution in [2.75, 3.05) is 0 Å². The van der Waals surface area contributed by atoms with Crippen molar-refractivity contribution in [3.8, 4) is 22.5 Å². The van der Waals surface area contributed by atoms with E-state index in [0.29, 0.717) is 5.56 Å². The minimum Gasteiger partial charge on any atom is -0.205 e. The Bertz CT molecular complexity index is 1080. The highest BCUT2D eigenvalue weighted by molar-refractivity contribution is 6.33. The Morgan fingerprint density at radius 2 is 1.65 bits per heavy atom. The van der Waals surface area contributed by atoms with Crippen molar-refractivity contribution in [2.45, 2.75) is 6.92 Å². The summed E-state index contributed by atoms with van der Waals surface area (Å²) in [5.41, 5.74) is 0.826. The van der Waals surface area contributed by atoms with Crippen LogP contribution in [0, 0.1) is 18.6 Å². The number of halogens is 3. The number of nitrogens with zero attached hydrogens (tertiary/aromatic N) is 8. The average Bonchev–Trinajstić information content (AvgIpc) is 3.28. The number of hydrogen-bond donors (Lipinski definition) is 0. The van der Waals surface area contributed by atoms with Crippen molar-refractivity contribution < 1.29 is 8.78 Å². The molecule has 2 aromatic heterocycles. The first-order valence-electron chi connectivity index (χ1n) is 7.31. The van der Waals surface area contributed by atoms with Crippen molar-refractivity contribution in [2.24, 2.45) is 0 Å². The normalized spacial score (nSPS) is 11.1. The van der Waals surface area contributed by atoms with E-state index in [1.807, 2.05) is 0 Å².